The van der Waals surface area contributed by atoms with Gasteiger partial charge < -0.3 is 34.0 Å². The molecule has 0 unspecified atom stereocenters. The zero-order valence-corrected chi connectivity index (χ0v) is 29.3. The van der Waals surface area contributed by atoms with Crippen molar-refractivity contribution >= 4 is 37.5 Å². The summed E-state index contributed by atoms with van der Waals surface area (Å²) >= 11 is 0. The molecule has 4 aliphatic rings. The molecule has 5 atom stereocenters. The van der Waals surface area contributed by atoms with Gasteiger partial charge in [0.05, 0.1) is 37.4 Å². The highest BCUT2D eigenvalue weighted by Gasteiger charge is 2.67. The average molecular weight is 655 g/mol. The van der Waals surface area contributed by atoms with Crippen LogP contribution in [0.3, 0.4) is 0 Å². The molecule has 1 aromatic carbocycles. The number of carbonyl (C=O) groups is 3. The summed E-state index contributed by atoms with van der Waals surface area (Å²) < 4.78 is 23.2. The number of aliphatic hydroxyl groups excluding tert-OH is 1. The number of anilines is 2. The number of amides is 3. The minimum atomic E-state index is -3.47. The van der Waals surface area contributed by atoms with Gasteiger partial charge in [0.25, 0.3) is 5.91 Å². The van der Waals surface area contributed by atoms with E-state index in [1.807, 2.05) is 25.1 Å². The second-order valence-electron chi connectivity index (χ2n) is 14.3. The Labute approximate surface area is 274 Å². The summed E-state index contributed by atoms with van der Waals surface area (Å²) in [7, 11) is -3.47. The number of nitrogens with zero attached hydrogens (tertiary/aromatic N) is 3. The Kier molecular flexibility index (Phi) is 10.3. The third kappa shape index (κ3) is 6.48. The highest BCUT2D eigenvalue weighted by atomic mass is 28.4. The van der Waals surface area contributed by atoms with E-state index in [2.05, 4.69) is 38.2 Å². The molecule has 4 aliphatic heterocycles. The van der Waals surface area contributed by atoms with Gasteiger partial charge >= 0.3 is 0 Å². The maximum Gasteiger partial charge on any atom is 0.264 e. The molecule has 9 nitrogen and oxygen atoms in total. The van der Waals surface area contributed by atoms with E-state index in [4.69, 9.17) is 4.74 Å². The maximum absolute atomic E-state index is 16.3. The molecule has 4 heterocycles. The van der Waals surface area contributed by atoms with Crippen molar-refractivity contribution in [2.24, 2.45) is 5.92 Å². The van der Waals surface area contributed by atoms with Crippen LogP contribution >= 0.6 is 0 Å². The molecule has 1 spiro atoms. The second kappa shape index (κ2) is 13.7. The minimum Gasteiger partial charge on any atom is -0.394 e. The van der Waals surface area contributed by atoms with Gasteiger partial charge in [-0.3, -0.25) is 14.4 Å². The number of hydrogen-bond donors (Lipinski definition) is 2. The van der Waals surface area contributed by atoms with Crippen molar-refractivity contribution in [2.75, 3.05) is 49.1 Å². The van der Waals surface area contributed by atoms with Gasteiger partial charge in [0.1, 0.15) is 0 Å². The van der Waals surface area contributed by atoms with Crippen LogP contribution in [0.2, 0.25) is 18.6 Å². The molecule has 3 fully saturated rings. The summed E-state index contributed by atoms with van der Waals surface area (Å²) in [4.78, 5) is 46.4. The van der Waals surface area contributed by atoms with Crippen molar-refractivity contribution in [2.45, 2.75) is 96.2 Å². The van der Waals surface area contributed by atoms with Crippen molar-refractivity contribution in [1.82, 2.24) is 10.2 Å². The molecular weight excluding hydrogens is 603 g/mol. The topological polar surface area (TPSA) is 102 Å². The highest BCUT2D eigenvalue weighted by Crippen LogP contribution is 2.60. The molecular formula is C35H51FN4O5Si. The van der Waals surface area contributed by atoms with Crippen LogP contribution in [0.5, 0.6) is 0 Å². The van der Waals surface area contributed by atoms with Gasteiger partial charge in [-0.15, -0.1) is 0 Å². The predicted octanol–water partition coefficient (Wildman–Crippen LogP) is 4.81. The molecule has 1 aromatic rings. The van der Waals surface area contributed by atoms with Gasteiger partial charge in [0.2, 0.25) is 20.2 Å². The number of rotatable bonds is 10. The molecule has 46 heavy (non-hydrogen) atoms. The fraction of sp³-hybridized carbons (Fsp3) is 0.629. The summed E-state index contributed by atoms with van der Waals surface area (Å²) in [5, 5.41) is 13.0. The normalized spacial score (nSPS) is 28.4. The quantitative estimate of drug-likeness (QED) is 0.213. The minimum absolute atomic E-state index is 0.0461. The summed E-state index contributed by atoms with van der Waals surface area (Å²) in [6.45, 7) is 13.5. The first kappa shape index (κ1) is 34.5. The number of ether oxygens (including phenoxy) is 1. The zero-order valence-electron chi connectivity index (χ0n) is 28.3. The lowest BCUT2D eigenvalue weighted by Gasteiger charge is -2.32. The molecule has 3 saturated heterocycles. The number of hydrogen-bond acceptors (Lipinski definition) is 6. The molecule has 0 aromatic heterocycles. The Morgan fingerprint density at radius 1 is 1.20 bits per heavy atom. The molecule has 0 radical (unpaired) electrons. The summed E-state index contributed by atoms with van der Waals surface area (Å²) in [6.07, 6.45) is 6.77. The van der Waals surface area contributed by atoms with E-state index in [1.54, 1.807) is 27.8 Å². The summed E-state index contributed by atoms with van der Waals surface area (Å²) in [6, 6.07) is 5.40. The Hall–Kier alpha value is -2.86. The Balaban J connectivity index is 1.54. The highest BCUT2D eigenvalue weighted by molar-refractivity contribution is 6.72. The number of aliphatic hydroxyl groups is 1. The monoisotopic (exact) mass is 654 g/mol. The number of benzene rings is 1. The Bertz CT molecular complexity index is 1410. The molecule has 252 valence electrons. The second-order valence-corrected chi connectivity index (χ2v) is 18.0. The predicted molar refractivity (Wildman–Crippen MR) is 181 cm³/mol. The smallest absolute Gasteiger partial charge is 0.264 e. The van der Waals surface area contributed by atoms with E-state index >= 15 is 4.11 Å². The van der Waals surface area contributed by atoms with Gasteiger partial charge in [-0.05, 0) is 77.7 Å². The molecule has 11 heteroatoms. The van der Waals surface area contributed by atoms with E-state index in [9.17, 15) is 19.5 Å². The largest absolute Gasteiger partial charge is 0.394 e. The number of allylic oxidation sites excluding steroid dienone is 3. The first-order valence-corrected chi connectivity index (χ1v) is 19.8. The first-order chi connectivity index (χ1) is 21.8. The van der Waals surface area contributed by atoms with Gasteiger partial charge in [-0.2, -0.15) is 0 Å². The van der Waals surface area contributed by atoms with E-state index in [0.29, 0.717) is 43.1 Å². The molecule has 5 rings (SSSR count). The van der Waals surface area contributed by atoms with Crippen LogP contribution in [0, 0.1) is 5.92 Å². The van der Waals surface area contributed by atoms with Crippen molar-refractivity contribution in [3.8, 4) is 0 Å². The van der Waals surface area contributed by atoms with Crippen LogP contribution in [0.4, 0.5) is 15.5 Å². The SMILES string of the molecule is CC(C)=CCC/C(C)=C/CN1C(=O)[C@@]2(O[C@@H](CC(=O)N3CCC[C@H]3CO)[C@H]([Si](C)(C)F)[C@H]2C)c2cc(N3CCNCC3=O)ccc21. The van der Waals surface area contributed by atoms with Gasteiger partial charge in [-0.1, -0.05) is 30.2 Å². The number of likely N-dealkylation sites (tertiary alicyclic amines) is 1. The molecule has 3 amide bonds. The van der Waals surface area contributed by atoms with Crippen LogP contribution < -0.4 is 15.1 Å². The summed E-state index contributed by atoms with van der Waals surface area (Å²) in [5.74, 6) is -1.03. The zero-order chi connectivity index (χ0) is 33.4. The maximum atomic E-state index is 16.3. The average Bonchev–Trinajstić information content (AvgIpc) is 3.65. The lowest BCUT2D eigenvalue weighted by molar-refractivity contribution is -0.149. The van der Waals surface area contributed by atoms with Crippen LogP contribution in [0.15, 0.2) is 41.5 Å². The van der Waals surface area contributed by atoms with Crippen LogP contribution in [-0.2, 0) is 24.7 Å². The third-order valence-corrected chi connectivity index (χ3v) is 12.8. The van der Waals surface area contributed by atoms with Gasteiger partial charge in [-0.25, -0.2) is 0 Å². The Morgan fingerprint density at radius 3 is 2.63 bits per heavy atom. The first-order valence-electron chi connectivity index (χ1n) is 16.8. The standard InChI is InChI=1S/C35H51FN4O5Si/c1-23(2)9-7-10-24(3)14-17-40-29-13-12-26(39-18-15-37-21-32(39)43)19-28(29)35(34(40)44)25(4)33(46(5,6)36)30(45-35)20-31(42)38-16-8-11-27(38)22-41/h9,12-14,19,25,27,30,33,37,41H,7-8,10-11,15-18,20-22H2,1-6H3/b24-14+/t25-,27+,30+,33-,35+/m1/s1. The number of halogens is 1. The molecule has 2 N–H and O–H groups in total. The lowest BCUT2D eigenvalue weighted by atomic mass is 9.82. The van der Waals surface area contributed by atoms with E-state index < -0.39 is 31.6 Å². The van der Waals surface area contributed by atoms with Crippen LogP contribution in [0.1, 0.15) is 65.4 Å². The summed E-state index contributed by atoms with van der Waals surface area (Å²) in [5.41, 5.74) is 2.34. The lowest BCUT2D eigenvalue weighted by Crippen LogP contribution is -2.48. The number of piperazine rings is 1. The number of nitrogens with one attached hydrogen (secondary N) is 1. The fourth-order valence-electron chi connectivity index (χ4n) is 8.04. The fourth-order valence-corrected chi connectivity index (χ4v) is 10.5. The van der Waals surface area contributed by atoms with Crippen molar-refractivity contribution < 1.29 is 28.3 Å². The van der Waals surface area contributed by atoms with Crippen molar-refractivity contribution in [3.63, 3.8) is 0 Å². The number of fused-ring (bicyclic) bond motifs is 2. The number of carbonyl (C=O) groups excluding carboxylic acids is 3. The molecule has 0 saturated carbocycles. The van der Waals surface area contributed by atoms with E-state index in [1.165, 1.54) is 11.1 Å². The van der Waals surface area contributed by atoms with Crippen LogP contribution in [0.25, 0.3) is 0 Å². The van der Waals surface area contributed by atoms with E-state index in [-0.39, 0.29) is 43.3 Å². The van der Waals surface area contributed by atoms with Gasteiger partial charge in [0, 0.05) is 48.9 Å². The van der Waals surface area contributed by atoms with Crippen LogP contribution in [-0.4, -0.2) is 87.6 Å². The van der Waals surface area contributed by atoms with Crippen molar-refractivity contribution in [3.05, 3.63) is 47.1 Å². The third-order valence-electron chi connectivity index (χ3n) is 10.3. The van der Waals surface area contributed by atoms with Gasteiger partial charge in [0.15, 0.2) is 5.60 Å². The molecule has 0 aliphatic carbocycles. The van der Waals surface area contributed by atoms with Crippen molar-refractivity contribution in [1.29, 1.82) is 0 Å². The Morgan fingerprint density at radius 2 is 1.96 bits per heavy atom. The molecule has 0 bridgehead atoms. The van der Waals surface area contributed by atoms with E-state index in [0.717, 1.165) is 25.7 Å².